The predicted octanol–water partition coefficient (Wildman–Crippen LogP) is 7.55. The average Bonchev–Trinajstić information content (AvgIpc) is 3.20. The molecule has 33 heavy (non-hydrogen) atoms. The molecular weight excluding hydrogens is 402 g/mol. The lowest BCUT2D eigenvalue weighted by atomic mass is 9.99. The summed E-state index contributed by atoms with van der Waals surface area (Å²) in [5, 5.41) is 15.7. The summed E-state index contributed by atoms with van der Waals surface area (Å²) in [5.74, 6) is 0. The third-order valence-electron chi connectivity index (χ3n) is 6.57. The monoisotopic (exact) mass is 421 g/mol. The molecule has 0 amide bonds. The molecule has 0 saturated carbocycles. The summed E-state index contributed by atoms with van der Waals surface area (Å²) in [6, 6.07) is 36.7. The molecule has 2 aromatic heterocycles. The fourth-order valence-electron chi connectivity index (χ4n) is 5.06. The smallest absolute Gasteiger partial charge is 0.0596 e. The Hall–Kier alpha value is -4.50. The van der Waals surface area contributed by atoms with Crippen LogP contribution in [0.3, 0.4) is 0 Å². The van der Waals surface area contributed by atoms with Crippen LogP contribution in [0.1, 0.15) is 0 Å². The van der Waals surface area contributed by atoms with Crippen LogP contribution in [-0.2, 0) is 0 Å². The predicted molar refractivity (Wildman–Crippen MR) is 137 cm³/mol. The van der Waals surface area contributed by atoms with Crippen molar-refractivity contribution in [1.82, 2.24) is 14.8 Å². The van der Waals surface area contributed by atoms with Crippen molar-refractivity contribution in [1.29, 1.82) is 0 Å². The summed E-state index contributed by atoms with van der Waals surface area (Å²) in [5.41, 5.74) is 5.83. The SMILES string of the molecule is c1ccc(-c2ccc(-n3c4ccccc4c4cc5ccccc5cc43)c3cnncc23)cc1. The quantitative estimate of drug-likeness (QED) is 0.289. The zero-order valence-electron chi connectivity index (χ0n) is 17.8. The molecule has 0 spiro atoms. The highest BCUT2D eigenvalue weighted by atomic mass is 15.1. The van der Waals surface area contributed by atoms with Crippen LogP contribution in [0, 0.1) is 0 Å². The first-order valence-electron chi connectivity index (χ1n) is 11.1. The van der Waals surface area contributed by atoms with Crippen molar-refractivity contribution in [3.05, 3.63) is 116 Å². The maximum absolute atomic E-state index is 4.26. The van der Waals surface area contributed by atoms with Gasteiger partial charge in [0.05, 0.1) is 29.1 Å². The molecule has 0 radical (unpaired) electrons. The summed E-state index contributed by atoms with van der Waals surface area (Å²) in [6.45, 7) is 0. The lowest BCUT2D eigenvalue weighted by Gasteiger charge is -2.14. The molecule has 5 aromatic carbocycles. The molecule has 0 aliphatic carbocycles. The molecule has 3 nitrogen and oxygen atoms in total. The van der Waals surface area contributed by atoms with E-state index in [1.54, 1.807) is 0 Å². The van der Waals surface area contributed by atoms with E-state index in [9.17, 15) is 0 Å². The van der Waals surface area contributed by atoms with Crippen molar-refractivity contribution in [3.8, 4) is 16.8 Å². The lowest BCUT2D eigenvalue weighted by molar-refractivity contribution is 1.05. The molecule has 154 valence electrons. The third kappa shape index (κ3) is 2.69. The molecule has 0 aliphatic rings. The van der Waals surface area contributed by atoms with Gasteiger partial charge in [-0.05, 0) is 46.2 Å². The van der Waals surface area contributed by atoms with E-state index in [1.165, 1.54) is 38.1 Å². The molecule has 3 heteroatoms. The Morgan fingerprint density at radius 2 is 1.18 bits per heavy atom. The zero-order valence-corrected chi connectivity index (χ0v) is 17.8. The molecular formula is C30H19N3. The van der Waals surface area contributed by atoms with Gasteiger partial charge >= 0.3 is 0 Å². The largest absolute Gasteiger partial charge is 0.309 e. The van der Waals surface area contributed by atoms with E-state index in [0.29, 0.717) is 0 Å². The van der Waals surface area contributed by atoms with Crippen molar-refractivity contribution < 1.29 is 0 Å². The summed E-state index contributed by atoms with van der Waals surface area (Å²) >= 11 is 0. The Bertz CT molecular complexity index is 1810. The van der Waals surface area contributed by atoms with Gasteiger partial charge in [-0.2, -0.15) is 10.2 Å². The van der Waals surface area contributed by atoms with Gasteiger partial charge in [0.2, 0.25) is 0 Å². The zero-order chi connectivity index (χ0) is 21.8. The number of fused-ring (bicyclic) bond motifs is 5. The van der Waals surface area contributed by atoms with Crippen LogP contribution >= 0.6 is 0 Å². The second-order valence-electron chi connectivity index (χ2n) is 8.38. The molecule has 0 aliphatic heterocycles. The van der Waals surface area contributed by atoms with Gasteiger partial charge in [0.1, 0.15) is 0 Å². The fourth-order valence-corrected chi connectivity index (χ4v) is 5.06. The Kier molecular flexibility index (Phi) is 3.84. The molecule has 0 unspecified atom stereocenters. The number of para-hydroxylation sites is 1. The minimum Gasteiger partial charge on any atom is -0.309 e. The van der Waals surface area contributed by atoms with Crippen LogP contribution in [-0.4, -0.2) is 14.8 Å². The van der Waals surface area contributed by atoms with Crippen LogP contribution < -0.4 is 0 Å². The van der Waals surface area contributed by atoms with Crippen LogP contribution in [0.25, 0.3) is 60.2 Å². The molecule has 0 saturated heterocycles. The van der Waals surface area contributed by atoms with E-state index in [2.05, 4.69) is 112 Å². The van der Waals surface area contributed by atoms with Crippen molar-refractivity contribution >= 4 is 43.4 Å². The third-order valence-corrected chi connectivity index (χ3v) is 6.57. The number of aromatic nitrogens is 3. The number of hydrogen-bond donors (Lipinski definition) is 0. The van der Waals surface area contributed by atoms with Gasteiger partial charge in [0.25, 0.3) is 0 Å². The summed E-state index contributed by atoms with van der Waals surface area (Å²) in [7, 11) is 0. The molecule has 2 heterocycles. The van der Waals surface area contributed by atoms with Gasteiger partial charge in [-0.15, -0.1) is 0 Å². The molecule has 0 bridgehead atoms. The first-order chi connectivity index (χ1) is 16.4. The minimum absolute atomic E-state index is 1.09. The number of hydrogen-bond acceptors (Lipinski definition) is 2. The van der Waals surface area contributed by atoms with Gasteiger partial charge in [-0.25, -0.2) is 0 Å². The Morgan fingerprint density at radius 1 is 0.485 bits per heavy atom. The molecule has 0 atom stereocenters. The van der Waals surface area contributed by atoms with Crippen LogP contribution in [0.15, 0.2) is 116 Å². The first-order valence-corrected chi connectivity index (χ1v) is 11.1. The molecule has 0 N–H and O–H groups in total. The topological polar surface area (TPSA) is 30.7 Å². The van der Waals surface area contributed by atoms with Gasteiger partial charge in [-0.1, -0.05) is 78.9 Å². The Morgan fingerprint density at radius 3 is 2.03 bits per heavy atom. The average molecular weight is 422 g/mol. The van der Waals surface area contributed by atoms with E-state index in [4.69, 9.17) is 0 Å². The number of benzene rings is 5. The van der Waals surface area contributed by atoms with Gasteiger partial charge in [0, 0.05) is 21.5 Å². The highest BCUT2D eigenvalue weighted by molar-refractivity contribution is 6.15. The minimum atomic E-state index is 1.09. The molecule has 7 aromatic rings. The van der Waals surface area contributed by atoms with E-state index in [-0.39, 0.29) is 0 Å². The van der Waals surface area contributed by atoms with Crippen molar-refractivity contribution in [2.75, 3.05) is 0 Å². The second kappa shape index (κ2) is 7.01. The van der Waals surface area contributed by atoms with Gasteiger partial charge in [0.15, 0.2) is 0 Å². The second-order valence-corrected chi connectivity index (χ2v) is 8.38. The highest BCUT2D eigenvalue weighted by Gasteiger charge is 2.16. The van der Waals surface area contributed by atoms with Gasteiger partial charge in [-0.3, -0.25) is 0 Å². The Labute approximate surface area is 190 Å². The van der Waals surface area contributed by atoms with Crippen molar-refractivity contribution in [3.63, 3.8) is 0 Å². The summed E-state index contributed by atoms with van der Waals surface area (Å²) < 4.78 is 2.37. The standard InChI is InChI=1S/C30H19N3/c1-2-8-20(9-3-1)23-14-15-29(27-19-32-31-18-26(23)27)33-28-13-7-6-12-24(28)25-16-21-10-4-5-11-22(21)17-30(25)33/h1-19H. The molecule has 7 rings (SSSR count). The molecule has 0 fully saturated rings. The van der Waals surface area contributed by atoms with Crippen LogP contribution in [0.2, 0.25) is 0 Å². The number of rotatable bonds is 2. The van der Waals surface area contributed by atoms with Crippen molar-refractivity contribution in [2.24, 2.45) is 0 Å². The normalized spacial score (nSPS) is 11.6. The Balaban J connectivity index is 1.62. The van der Waals surface area contributed by atoms with E-state index in [1.807, 2.05) is 18.5 Å². The maximum Gasteiger partial charge on any atom is 0.0596 e. The van der Waals surface area contributed by atoms with Gasteiger partial charge < -0.3 is 4.57 Å². The van der Waals surface area contributed by atoms with Crippen LogP contribution in [0.5, 0.6) is 0 Å². The summed E-state index contributed by atoms with van der Waals surface area (Å²) in [6.07, 6.45) is 3.77. The summed E-state index contributed by atoms with van der Waals surface area (Å²) in [4.78, 5) is 0. The van der Waals surface area contributed by atoms with E-state index < -0.39 is 0 Å². The van der Waals surface area contributed by atoms with Crippen LogP contribution in [0.4, 0.5) is 0 Å². The first kappa shape index (κ1) is 18.1. The van der Waals surface area contributed by atoms with E-state index in [0.717, 1.165) is 22.0 Å². The fraction of sp³-hybridized carbons (Fsp3) is 0. The highest BCUT2D eigenvalue weighted by Crippen LogP contribution is 2.38. The lowest BCUT2D eigenvalue weighted by Crippen LogP contribution is -1.97. The van der Waals surface area contributed by atoms with Crippen molar-refractivity contribution in [2.45, 2.75) is 0 Å². The maximum atomic E-state index is 4.26. The van der Waals surface area contributed by atoms with E-state index >= 15 is 0 Å². The number of nitrogens with zero attached hydrogens (tertiary/aromatic N) is 3.